The maximum absolute atomic E-state index is 5.06. The molecule has 0 saturated heterocycles. The number of rotatable bonds is 6. The van der Waals surface area contributed by atoms with Crippen LogP contribution >= 0.6 is 0 Å². The largest absolute Gasteiger partial charge is 0.304 e. The van der Waals surface area contributed by atoms with E-state index < -0.39 is 0 Å². The van der Waals surface area contributed by atoms with E-state index in [-0.39, 0.29) is 36.4 Å². The average molecular weight is 854 g/mol. The van der Waals surface area contributed by atoms with E-state index in [2.05, 4.69) is 169 Å². The van der Waals surface area contributed by atoms with E-state index in [9.17, 15) is 0 Å². The second kappa shape index (κ2) is 13.5. The summed E-state index contributed by atoms with van der Waals surface area (Å²) in [6, 6.07) is 49.7. The predicted octanol–water partition coefficient (Wildman–Crippen LogP) is 11.7. The van der Waals surface area contributed by atoms with Crippen LogP contribution in [0.3, 0.4) is 0 Å². The third-order valence-corrected chi connectivity index (χ3v) is 11.8. The summed E-state index contributed by atoms with van der Waals surface area (Å²) in [4.78, 5) is 20.1. The molecular weight excluding hydrogens is 813 g/mol. The van der Waals surface area contributed by atoms with Gasteiger partial charge in [-0.2, -0.15) is 0 Å². The third-order valence-electron chi connectivity index (χ3n) is 11.8. The molecule has 8 rings (SSSR count). The maximum Gasteiger partial charge on any atom is 0.165 e. The van der Waals surface area contributed by atoms with Gasteiger partial charge in [0.15, 0.2) is 17.5 Å². The Morgan fingerprint density at radius 1 is 0.442 bits per heavy atom. The molecule has 0 N–H and O–H groups in total. The second-order valence-electron chi connectivity index (χ2n) is 15.2. The van der Waals surface area contributed by atoms with E-state index >= 15 is 0 Å². The molecule has 5 aromatic carbocycles. The summed E-state index contributed by atoms with van der Waals surface area (Å²) in [5.41, 5.74) is 11.9. The summed E-state index contributed by atoms with van der Waals surface area (Å²) >= 11 is 0. The van der Waals surface area contributed by atoms with Gasteiger partial charge in [0.1, 0.15) is 0 Å². The number of nitrogens with zero attached hydrogens (tertiary/aromatic N) is 4. The Hall–Kier alpha value is -5.09. The molecule has 4 nitrogen and oxygen atoms in total. The van der Waals surface area contributed by atoms with Gasteiger partial charge >= 0.3 is 0 Å². The molecular formula is C47H41IrN4-. The van der Waals surface area contributed by atoms with E-state index in [0.717, 1.165) is 50.2 Å². The molecule has 0 saturated carbocycles. The van der Waals surface area contributed by atoms with Gasteiger partial charge in [0.05, 0.1) is 0 Å². The second-order valence-corrected chi connectivity index (χ2v) is 15.2. The van der Waals surface area contributed by atoms with Gasteiger partial charge in [-0.3, -0.25) is 0 Å². The van der Waals surface area contributed by atoms with E-state index in [4.69, 9.17) is 19.9 Å². The van der Waals surface area contributed by atoms with Crippen molar-refractivity contribution in [2.24, 2.45) is 5.41 Å². The molecule has 2 aromatic heterocycles. The van der Waals surface area contributed by atoms with E-state index in [1.807, 2.05) is 18.3 Å². The van der Waals surface area contributed by atoms with Crippen molar-refractivity contribution in [1.82, 2.24) is 19.9 Å². The average Bonchev–Trinajstić information content (AvgIpc) is 3.28. The van der Waals surface area contributed by atoms with Crippen LogP contribution in [0.15, 0.2) is 140 Å². The van der Waals surface area contributed by atoms with Gasteiger partial charge in [-0.1, -0.05) is 151 Å². The van der Waals surface area contributed by atoms with Crippen molar-refractivity contribution in [2.75, 3.05) is 0 Å². The molecule has 0 atom stereocenters. The van der Waals surface area contributed by atoms with Crippen LogP contribution in [0.1, 0.15) is 52.7 Å². The quantitative estimate of drug-likeness (QED) is 0.156. The monoisotopic (exact) mass is 854 g/mol. The summed E-state index contributed by atoms with van der Waals surface area (Å²) in [7, 11) is 0. The normalized spacial score (nSPS) is 15.0. The fraction of sp³-hybridized carbons (Fsp3) is 0.191. The van der Waals surface area contributed by atoms with Crippen LogP contribution in [0.2, 0.25) is 0 Å². The minimum absolute atomic E-state index is 0. The van der Waals surface area contributed by atoms with Gasteiger partial charge in [0, 0.05) is 43.0 Å². The summed E-state index contributed by atoms with van der Waals surface area (Å²) in [6.07, 6.45) is 1.87. The fourth-order valence-electron chi connectivity index (χ4n) is 7.51. The molecule has 0 spiro atoms. The zero-order valence-corrected chi connectivity index (χ0v) is 32.8. The zero-order valence-electron chi connectivity index (χ0n) is 30.4. The Morgan fingerprint density at radius 3 is 1.40 bits per heavy atom. The summed E-state index contributed by atoms with van der Waals surface area (Å²) in [5.74, 6) is 1.80. The van der Waals surface area contributed by atoms with Gasteiger partial charge in [0.2, 0.25) is 0 Å². The third kappa shape index (κ3) is 6.02. The molecule has 1 radical (unpaired) electrons. The van der Waals surface area contributed by atoms with Crippen molar-refractivity contribution in [3.8, 4) is 67.7 Å². The van der Waals surface area contributed by atoms with Gasteiger partial charge in [-0.05, 0) is 56.3 Å². The number of fused-ring (bicyclic) bond motifs is 1. The maximum atomic E-state index is 5.06. The Bertz CT molecular complexity index is 2280. The number of aromatic nitrogens is 4. The molecule has 0 amide bonds. The number of pyridine rings is 1. The van der Waals surface area contributed by atoms with Crippen LogP contribution in [0, 0.1) is 11.5 Å². The Labute approximate surface area is 320 Å². The van der Waals surface area contributed by atoms with Crippen molar-refractivity contribution in [3.63, 3.8) is 0 Å². The predicted molar refractivity (Wildman–Crippen MR) is 209 cm³/mol. The molecule has 0 fully saturated rings. The minimum Gasteiger partial charge on any atom is -0.304 e. The summed E-state index contributed by atoms with van der Waals surface area (Å²) in [5, 5.41) is 0. The van der Waals surface area contributed by atoms with Crippen molar-refractivity contribution >= 4 is 0 Å². The Balaban J connectivity index is 0.00000420. The van der Waals surface area contributed by atoms with Crippen LogP contribution in [-0.2, 0) is 30.9 Å². The molecule has 52 heavy (non-hydrogen) atoms. The molecule has 0 unspecified atom stereocenters. The molecule has 2 heterocycles. The van der Waals surface area contributed by atoms with Crippen LogP contribution < -0.4 is 0 Å². The van der Waals surface area contributed by atoms with Crippen LogP contribution in [0.4, 0.5) is 0 Å². The first-order chi connectivity index (χ1) is 24.5. The standard InChI is InChI=1S/C47H41N4.Ir/c1-45(2)39-25-23-35(29-40(39)46(3,4)47(45,5)6)41-26-24-38(30-48-41)44-50-42(36-21-13-19-33(27-36)31-15-9-7-10-16-31)49-43(51-44)37-22-14-20-34(28-37)32-17-11-8-12-18-32;/h7-22,24-30H,1-6H3;/q-1;. The Morgan fingerprint density at radius 2 is 0.904 bits per heavy atom. The molecule has 0 bridgehead atoms. The molecule has 259 valence electrons. The molecule has 0 aliphatic heterocycles. The molecule has 7 aromatic rings. The van der Waals surface area contributed by atoms with Crippen LogP contribution in [-0.4, -0.2) is 19.9 Å². The van der Waals surface area contributed by atoms with Crippen LogP contribution in [0.5, 0.6) is 0 Å². The van der Waals surface area contributed by atoms with Crippen molar-refractivity contribution in [2.45, 2.75) is 52.4 Å². The van der Waals surface area contributed by atoms with Gasteiger partial charge in [-0.15, -0.1) is 34.9 Å². The first-order valence-electron chi connectivity index (χ1n) is 17.6. The first kappa shape index (κ1) is 35.3. The van der Waals surface area contributed by atoms with Gasteiger partial charge < -0.3 is 4.98 Å². The van der Waals surface area contributed by atoms with E-state index in [1.165, 1.54) is 11.1 Å². The topological polar surface area (TPSA) is 51.6 Å². The smallest absolute Gasteiger partial charge is 0.165 e. The summed E-state index contributed by atoms with van der Waals surface area (Å²) < 4.78 is 0. The minimum atomic E-state index is 0. The SMILES string of the molecule is CC1(C)c2c[c-]c(-c3ccc(-c4nc(-c5cccc(-c6ccccc6)c5)nc(-c5cccc(-c6ccccc6)c5)n4)cn3)cc2C(C)(C)C1(C)C.[Ir]. The summed E-state index contributed by atoms with van der Waals surface area (Å²) in [6.45, 7) is 14.2. The van der Waals surface area contributed by atoms with Crippen molar-refractivity contribution in [1.29, 1.82) is 0 Å². The zero-order chi connectivity index (χ0) is 35.4. The van der Waals surface area contributed by atoms with Crippen molar-refractivity contribution in [3.05, 3.63) is 157 Å². The van der Waals surface area contributed by atoms with E-state index in [0.29, 0.717) is 17.5 Å². The Kier molecular flexibility index (Phi) is 9.15. The molecule has 1 aliphatic rings. The molecule has 1 aliphatic carbocycles. The van der Waals surface area contributed by atoms with Crippen molar-refractivity contribution < 1.29 is 20.1 Å². The van der Waals surface area contributed by atoms with Crippen LogP contribution in [0.25, 0.3) is 67.7 Å². The number of benzene rings is 5. The molecule has 5 heteroatoms. The van der Waals surface area contributed by atoms with Gasteiger partial charge in [0.25, 0.3) is 0 Å². The van der Waals surface area contributed by atoms with E-state index in [1.54, 1.807) is 0 Å². The van der Waals surface area contributed by atoms with Gasteiger partial charge in [-0.25, -0.2) is 15.0 Å². The number of hydrogen-bond acceptors (Lipinski definition) is 4. The first-order valence-corrected chi connectivity index (χ1v) is 17.6. The fourth-order valence-corrected chi connectivity index (χ4v) is 7.51. The number of hydrogen-bond donors (Lipinski definition) is 0.